The highest BCUT2D eigenvalue weighted by molar-refractivity contribution is 7.91. The Morgan fingerprint density at radius 3 is 2.21 bits per heavy atom. The fourth-order valence-corrected chi connectivity index (χ4v) is 2.87. The normalized spacial score (nSPS) is 11.0. The number of benzene rings is 2. The molecule has 0 saturated heterocycles. The summed E-state index contributed by atoms with van der Waals surface area (Å²) >= 11 is 0. The van der Waals surface area contributed by atoms with Crippen molar-refractivity contribution in [1.29, 1.82) is 0 Å². The van der Waals surface area contributed by atoms with Crippen LogP contribution < -0.4 is 9.46 Å². The lowest BCUT2D eigenvalue weighted by molar-refractivity contribution is 0.415. The van der Waals surface area contributed by atoms with E-state index in [1.807, 2.05) is 18.2 Å². The number of sulfonamides is 1. The highest BCUT2D eigenvalue weighted by Crippen LogP contribution is 2.17. The van der Waals surface area contributed by atoms with Gasteiger partial charge in [-0.3, -0.25) is 4.72 Å². The molecule has 0 bridgehead atoms. The highest BCUT2D eigenvalue weighted by atomic mass is 32.2. The van der Waals surface area contributed by atoms with Gasteiger partial charge in [-0.25, -0.2) is 8.42 Å². The van der Waals surface area contributed by atoms with Crippen molar-refractivity contribution in [2.75, 3.05) is 11.8 Å². The zero-order valence-electron chi connectivity index (χ0n) is 10.5. The van der Waals surface area contributed by atoms with Crippen molar-refractivity contribution >= 4 is 15.7 Å². The van der Waals surface area contributed by atoms with Gasteiger partial charge in [-0.1, -0.05) is 30.3 Å². The lowest BCUT2D eigenvalue weighted by Crippen LogP contribution is -2.14. The third-order valence-corrected chi connectivity index (χ3v) is 3.82. The lowest BCUT2D eigenvalue weighted by Gasteiger charge is -2.08. The molecule has 5 heteroatoms. The molecular formula is C14H15NO3S. The second-order valence-corrected chi connectivity index (χ2v) is 5.80. The van der Waals surface area contributed by atoms with Crippen LogP contribution in [0.2, 0.25) is 0 Å². The largest absolute Gasteiger partial charge is 0.497 e. The summed E-state index contributed by atoms with van der Waals surface area (Å²) in [7, 11) is -1.83. The number of methoxy groups -OCH3 is 1. The van der Waals surface area contributed by atoms with Gasteiger partial charge >= 0.3 is 0 Å². The number of ether oxygens (including phenoxy) is 1. The fourth-order valence-electron chi connectivity index (χ4n) is 1.67. The van der Waals surface area contributed by atoms with Crippen LogP contribution in [0.25, 0.3) is 0 Å². The van der Waals surface area contributed by atoms with Gasteiger partial charge in [0, 0.05) is 5.69 Å². The molecule has 0 atom stereocenters. The average Bonchev–Trinajstić information content (AvgIpc) is 2.39. The smallest absolute Gasteiger partial charge is 0.236 e. The SMILES string of the molecule is COc1ccc(NS(=O)(=O)Cc2ccccc2)cc1. The summed E-state index contributed by atoms with van der Waals surface area (Å²) in [6.07, 6.45) is 0. The van der Waals surface area contributed by atoms with Crippen molar-refractivity contribution in [3.8, 4) is 5.75 Å². The molecule has 100 valence electrons. The predicted molar refractivity (Wildman–Crippen MR) is 75.7 cm³/mol. The Labute approximate surface area is 113 Å². The van der Waals surface area contributed by atoms with E-state index in [1.165, 1.54) is 0 Å². The van der Waals surface area contributed by atoms with Crippen LogP contribution in [0.15, 0.2) is 54.6 Å². The molecule has 0 amide bonds. The molecule has 0 fully saturated rings. The van der Waals surface area contributed by atoms with Gasteiger partial charge in [0.15, 0.2) is 0 Å². The van der Waals surface area contributed by atoms with E-state index >= 15 is 0 Å². The summed E-state index contributed by atoms with van der Waals surface area (Å²) in [6, 6.07) is 15.8. The molecule has 0 radical (unpaired) electrons. The molecule has 0 aliphatic rings. The summed E-state index contributed by atoms with van der Waals surface area (Å²) in [4.78, 5) is 0. The molecule has 2 rings (SSSR count). The molecule has 19 heavy (non-hydrogen) atoms. The van der Waals surface area contributed by atoms with Crippen LogP contribution in [-0.4, -0.2) is 15.5 Å². The second kappa shape index (κ2) is 5.75. The van der Waals surface area contributed by atoms with Gasteiger partial charge in [0.25, 0.3) is 0 Å². The van der Waals surface area contributed by atoms with Crippen LogP contribution in [0.5, 0.6) is 5.75 Å². The number of hydrogen-bond donors (Lipinski definition) is 1. The summed E-state index contributed by atoms with van der Waals surface area (Å²) in [5.41, 5.74) is 1.28. The number of hydrogen-bond acceptors (Lipinski definition) is 3. The maximum Gasteiger partial charge on any atom is 0.236 e. The molecule has 2 aromatic carbocycles. The van der Waals surface area contributed by atoms with E-state index in [1.54, 1.807) is 43.5 Å². The van der Waals surface area contributed by atoms with Crippen molar-refractivity contribution in [1.82, 2.24) is 0 Å². The quantitative estimate of drug-likeness (QED) is 0.914. The minimum atomic E-state index is -3.40. The highest BCUT2D eigenvalue weighted by Gasteiger charge is 2.11. The Kier molecular flexibility index (Phi) is 4.06. The molecular weight excluding hydrogens is 262 g/mol. The zero-order chi connectivity index (χ0) is 13.7. The predicted octanol–water partition coefficient (Wildman–Crippen LogP) is 2.64. The fraction of sp³-hybridized carbons (Fsp3) is 0.143. The van der Waals surface area contributed by atoms with Crippen LogP contribution in [0.3, 0.4) is 0 Å². The molecule has 0 aliphatic heterocycles. The summed E-state index contributed by atoms with van der Waals surface area (Å²) in [5, 5.41) is 0. The van der Waals surface area contributed by atoms with E-state index in [4.69, 9.17) is 4.74 Å². The van der Waals surface area contributed by atoms with Gasteiger partial charge in [-0.2, -0.15) is 0 Å². The van der Waals surface area contributed by atoms with Crippen LogP contribution >= 0.6 is 0 Å². The lowest BCUT2D eigenvalue weighted by atomic mass is 10.2. The maximum atomic E-state index is 12.0. The topological polar surface area (TPSA) is 55.4 Å². The number of rotatable bonds is 5. The molecule has 0 aromatic heterocycles. The minimum absolute atomic E-state index is 0.0418. The van der Waals surface area contributed by atoms with Crippen molar-refractivity contribution < 1.29 is 13.2 Å². The van der Waals surface area contributed by atoms with Gasteiger partial charge < -0.3 is 4.74 Å². The minimum Gasteiger partial charge on any atom is -0.497 e. The molecule has 4 nitrogen and oxygen atoms in total. The number of anilines is 1. The Bertz CT molecular complexity index is 622. The van der Waals surface area contributed by atoms with Crippen molar-refractivity contribution in [2.45, 2.75) is 5.75 Å². The van der Waals surface area contributed by atoms with Gasteiger partial charge in [0.2, 0.25) is 10.0 Å². The third kappa shape index (κ3) is 3.99. The summed E-state index contributed by atoms with van der Waals surface area (Å²) < 4.78 is 31.5. The molecule has 0 aliphatic carbocycles. The van der Waals surface area contributed by atoms with Gasteiger partial charge in [0.05, 0.1) is 12.9 Å². The van der Waals surface area contributed by atoms with Crippen LogP contribution in [0, 0.1) is 0 Å². The van der Waals surface area contributed by atoms with Gasteiger partial charge in [-0.05, 0) is 29.8 Å². The molecule has 0 heterocycles. The Hall–Kier alpha value is -2.01. The summed E-state index contributed by atoms with van der Waals surface area (Å²) in [5.74, 6) is 0.644. The van der Waals surface area contributed by atoms with Crippen molar-refractivity contribution in [3.05, 3.63) is 60.2 Å². The first-order chi connectivity index (χ1) is 9.09. The van der Waals surface area contributed by atoms with Crippen LogP contribution in [0.1, 0.15) is 5.56 Å². The molecule has 0 spiro atoms. The van der Waals surface area contributed by atoms with E-state index in [2.05, 4.69) is 4.72 Å². The average molecular weight is 277 g/mol. The molecule has 2 aromatic rings. The summed E-state index contributed by atoms with van der Waals surface area (Å²) in [6.45, 7) is 0. The van der Waals surface area contributed by atoms with Gasteiger partial charge in [-0.15, -0.1) is 0 Å². The van der Waals surface area contributed by atoms with Crippen molar-refractivity contribution in [2.24, 2.45) is 0 Å². The molecule has 1 N–H and O–H groups in total. The van der Waals surface area contributed by atoms with E-state index < -0.39 is 10.0 Å². The molecule has 0 saturated carbocycles. The standard InChI is InChI=1S/C14H15NO3S/c1-18-14-9-7-13(8-10-14)15-19(16,17)11-12-5-3-2-4-6-12/h2-10,15H,11H2,1H3. The van der Waals surface area contributed by atoms with E-state index in [0.29, 0.717) is 11.4 Å². The maximum absolute atomic E-state index is 12.0. The van der Waals surface area contributed by atoms with Gasteiger partial charge in [0.1, 0.15) is 5.75 Å². The second-order valence-electron chi connectivity index (χ2n) is 4.08. The molecule has 0 unspecified atom stereocenters. The van der Waals surface area contributed by atoms with Crippen molar-refractivity contribution in [3.63, 3.8) is 0 Å². The third-order valence-electron chi connectivity index (χ3n) is 2.56. The first-order valence-corrected chi connectivity index (χ1v) is 7.43. The Morgan fingerprint density at radius 1 is 1.00 bits per heavy atom. The van der Waals surface area contributed by atoms with E-state index in [9.17, 15) is 8.42 Å². The zero-order valence-corrected chi connectivity index (χ0v) is 11.4. The Morgan fingerprint density at radius 2 is 1.63 bits per heavy atom. The Balaban J connectivity index is 2.08. The van der Waals surface area contributed by atoms with Crippen LogP contribution in [-0.2, 0) is 15.8 Å². The monoisotopic (exact) mass is 277 g/mol. The van der Waals surface area contributed by atoms with Crippen LogP contribution in [0.4, 0.5) is 5.69 Å². The first kappa shape index (κ1) is 13.4. The van der Waals surface area contributed by atoms with E-state index in [-0.39, 0.29) is 5.75 Å². The first-order valence-electron chi connectivity index (χ1n) is 5.77. The van der Waals surface area contributed by atoms with E-state index in [0.717, 1.165) is 5.56 Å². The number of nitrogens with one attached hydrogen (secondary N) is 1.